The molecule has 0 spiro atoms. The molecule has 0 aliphatic carbocycles. The number of benzene rings is 2. The smallest absolute Gasteiger partial charge is 0.278 e. The van der Waals surface area contributed by atoms with Crippen LogP contribution >= 0.6 is 0 Å². The van der Waals surface area contributed by atoms with Gasteiger partial charge in [-0.3, -0.25) is 14.4 Å². The minimum absolute atomic E-state index is 0.0140. The van der Waals surface area contributed by atoms with Crippen molar-refractivity contribution in [2.24, 2.45) is 0 Å². The van der Waals surface area contributed by atoms with E-state index in [2.05, 4.69) is 25.7 Å². The molecule has 8 heteroatoms. The first-order valence-electron chi connectivity index (χ1n) is 8.52. The van der Waals surface area contributed by atoms with E-state index in [1.807, 2.05) is 30.3 Å². The van der Waals surface area contributed by atoms with Gasteiger partial charge in [0, 0.05) is 18.0 Å². The summed E-state index contributed by atoms with van der Waals surface area (Å²) >= 11 is 0. The minimum atomic E-state index is -0.516. The molecule has 4 aromatic rings. The highest BCUT2D eigenvalue weighted by atomic mass is 16.1. The minimum Gasteiger partial charge on any atom is -0.348 e. The fourth-order valence-electron chi connectivity index (χ4n) is 2.84. The lowest BCUT2D eigenvalue weighted by molar-refractivity contribution is -0.116. The van der Waals surface area contributed by atoms with Crippen molar-refractivity contribution in [1.29, 1.82) is 0 Å². The van der Waals surface area contributed by atoms with Crippen LogP contribution in [-0.2, 0) is 11.3 Å². The van der Waals surface area contributed by atoms with Gasteiger partial charge >= 0.3 is 0 Å². The summed E-state index contributed by atoms with van der Waals surface area (Å²) in [5.41, 5.74) is 1.04. The molecule has 0 aliphatic rings. The van der Waals surface area contributed by atoms with E-state index in [0.717, 1.165) is 5.56 Å². The van der Waals surface area contributed by atoms with E-state index < -0.39 is 11.0 Å². The fraction of sp³-hybridized carbons (Fsp3) is 0.0500. The Morgan fingerprint density at radius 3 is 2.64 bits per heavy atom. The molecule has 0 bridgehead atoms. The molecule has 3 N–H and O–H groups in total. The lowest BCUT2D eigenvalue weighted by atomic mass is 10.1. The van der Waals surface area contributed by atoms with Crippen LogP contribution < -0.4 is 16.3 Å². The second-order valence-electron chi connectivity index (χ2n) is 6.15. The Bertz CT molecular complexity index is 1320. The maximum Gasteiger partial charge on any atom is 0.278 e. The van der Waals surface area contributed by atoms with Gasteiger partial charge in [0.1, 0.15) is 0 Å². The normalized spacial score (nSPS) is 11.3. The molecule has 4 rings (SSSR count). The Hall–Kier alpha value is -4.07. The number of rotatable bonds is 4. The summed E-state index contributed by atoms with van der Waals surface area (Å²) in [4.78, 5) is 39.4. The zero-order valence-corrected chi connectivity index (χ0v) is 14.6. The highest BCUT2D eigenvalue weighted by molar-refractivity contribution is 5.93. The monoisotopic (exact) mass is 373 g/mol. The molecule has 0 saturated carbocycles. The number of amides is 1. The Morgan fingerprint density at radius 1 is 1.04 bits per heavy atom. The van der Waals surface area contributed by atoms with Crippen molar-refractivity contribution in [1.82, 2.24) is 25.7 Å². The van der Waals surface area contributed by atoms with Gasteiger partial charge in [0.2, 0.25) is 11.3 Å². The molecule has 0 fully saturated rings. The fourth-order valence-corrected chi connectivity index (χ4v) is 2.84. The number of hydrogen-bond donors (Lipinski definition) is 3. The molecule has 0 radical (unpaired) electrons. The second kappa shape index (κ2) is 7.28. The molecule has 0 unspecified atom stereocenters. The van der Waals surface area contributed by atoms with Crippen LogP contribution in [0.15, 0.2) is 64.2 Å². The maximum absolute atomic E-state index is 12.5. The summed E-state index contributed by atoms with van der Waals surface area (Å²) in [5, 5.41) is 12.9. The lowest BCUT2D eigenvalue weighted by Gasteiger charge is -2.02. The van der Waals surface area contributed by atoms with Gasteiger partial charge in [0.15, 0.2) is 11.0 Å². The third-order valence-electron chi connectivity index (χ3n) is 4.25. The van der Waals surface area contributed by atoms with Gasteiger partial charge in [-0.15, -0.1) is 0 Å². The lowest BCUT2D eigenvalue weighted by Crippen LogP contribution is -2.20. The quantitative estimate of drug-likeness (QED) is 0.468. The summed E-state index contributed by atoms with van der Waals surface area (Å²) < 4.78 is 0. The van der Waals surface area contributed by atoms with Gasteiger partial charge in [-0.2, -0.15) is 15.4 Å². The molecular formula is C20H15N5O3. The van der Waals surface area contributed by atoms with Crippen LogP contribution in [0.4, 0.5) is 0 Å². The predicted molar refractivity (Wildman–Crippen MR) is 106 cm³/mol. The molecule has 28 heavy (non-hydrogen) atoms. The van der Waals surface area contributed by atoms with Crippen molar-refractivity contribution in [3.05, 3.63) is 86.3 Å². The van der Waals surface area contributed by atoms with Crippen LogP contribution in [0.5, 0.6) is 0 Å². The Morgan fingerprint density at radius 2 is 1.82 bits per heavy atom. The zero-order chi connectivity index (χ0) is 19.5. The molecule has 8 nitrogen and oxygen atoms in total. The van der Waals surface area contributed by atoms with Gasteiger partial charge in [-0.25, -0.2) is 0 Å². The molecule has 0 atom stereocenters. The van der Waals surface area contributed by atoms with E-state index >= 15 is 0 Å². The number of H-pyrrole nitrogens is 2. The number of hydrogen-bond acceptors (Lipinski definition) is 5. The van der Waals surface area contributed by atoms with Crippen LogP contribution in [0, 0.1) is 0 Å². The predicted octanol–water partition coefficient (Wildman–Crippen LogP) is 1.49. The van der Waals surface area contributed by atoms with E-state index in [-0.39, 0.29) is 16.9 Å². The van der Waals surface area contributed by atoms with Gasteiger partial charge < -0.3 is 10.3 Å². The van der Waals surface area contributed by atoms with Gasteiger partial charge in [-0.05, 0) is 29.3 Å². The van der Waals surface area contributed by atoms with Gasteiger partial charge in [-0.1, -0.05) is 36.4 Å². The molecule has 2 aromatic heterocycles. The summed E-state index contributed by atoms with van der Waals surface area (Å²) in [5.74, 6) is -0.247. The molecule has 0 aliphatic heterocycles. The SMILES string of the molecule is O=C(/C=C/c1ccc2c(=O)c3n[nH]nc3c(=O)[nH]c2c1)NCc1ccccc1. The molecular weight excluding hydrogens is 358 g/mol. The first-order valence-corrected chi connectivity index (χ1v) is 8.52. The Kier molecular flexibility index (Phi) is 4.51. The topological polar surface area (TPSA) is 121 Å². The summed E-state index contributed by atoms with van der Waals surface area (Å²) in [6.45, 7) is 0.428. The van der Waals surface area contributed by atoms with Crippen LogP contribution in [0.25, 0.3) is 28.0 Å². The van der Waals surface area contributed by atoms with Crippen LogP contribution in [0.2, 0.25) is 0 Å². The van der Waals surface area contributed by atoms with E-state index in [1.165, 1.54) is 6.08 Å². The highest BCUT2D eigenvalue weighted by Crippen LogP contribution is 2.12. The van der Waals surface area contributed by atoms with Gasteiger partial charge in [0.25, 0.3) is 5.56 Å². The molecule has 2 heterocycles. The van der Waals surface area contributed by atoms with E-state index in [4.69, 9.17) is 0 Å². The Balaban J connectivity index is 1.60. The zero-order valence-electron chi connectivity index (χ0n) is 14.6. The molecule has 1 amide bonds. The number of nitrogens with one attached hydrogen (secondary N) is 3. The number of aromatic nitrogens is 4. The average Bonchev–Trinajstić information content (AvgIpc) is 3.18. The standard InChI is InChI=1S/C20H15N5O3/c26-16(21-11-13-4-2-1-3-5-13)9-7-12-6-8-14-15(10-12)22-20(28)18-17(19(14)27)23-25-24-18/h1-10H,11H2,(H,21,26)(H,22,28)(H,23,24,25)/b9-7+. The number of carbonyl (C=O) groups is 1. The number of nitrogens with zero attached hydrogens (tertiary/aromatic N) is 2. The first-order chi connectivity index (χ1) is 13.6. The summed E-state index contributed by atoms with van der Waals surface area (Å²) in [6.07, 6.45) is 3.01. The van der Waals surface area contributed by atoms with Crippen molar-refractivity contribution in [2.45, 2.75) is 6.54 Å². The van der Waals surface area contributed by atoms with Crippen molar-refractivity contribution in [3.8, 4) is 0 Å². The number of fused-ring (bicyclic) bond motifs is 2. The molecule has 0 saturated heterocycles. The van der Waals surface area contributed by atoms with Crippen LogP contribution in [0.3, 0.4) is 0 Å². The van der Waals surface area contributed by atoms with Crippen molar-refractivity contribution < 1.29 is 4.79 Å². The van der Waals surface area contributed by atoms with E-state index in [9.17, 15) is 14.4 Å². The number of aromatic amines is 2. The maximum atomic E-state index is 12.5. The Labute approximate surface area is 157 Å². The highest BCUT2D eigenvalue weighted by Gasteiger charge is 2.09. The second-order valence-corrected chi connectivity index (χ2v) is 6.15. The third-order valence-corrected chi connectivity index (χ3v) is 4.25. The summed E-state index contributed by atoms with van der Waals surface area (Å²) in [6, 6.07) is 14.5. The summed E-state index contributed by atoms with van der Waals surface area (Å²) in [7, 11) is 0. The third kappa shape index (κ3) is 3.43. The molecule has 2 aromatic carbocycles. The van der Waals surface area contributed by atoms with Crippen molar-refractivity contribution >= 4 is 33.9 Å². The average molecular weight is 373 g/mol. The van der Waals surface area contributed by atoms with Crippen molar-refractivity contribution in [3.63, 3.8) is 0 Å². The van der Waals surface area contributed by atoms with Gasteiger partial charge in [0.05, 0.1) is 5.52 Å². The number of carbonyl (C=O) groups excluding carboxylic acids is 1. The van der Waals surface area contributed by atoms with Crippen molar-refractivity contribution in [2.75, 3.05) is 0 Å². The first kappa shape index (κ1) is 17.3. The molecule has 138 valence electrons. The van der Waals surface area contributed by atoms with Crippen LogP contribution in [0.1, 0.15) is 11.1 Å². The largest absolute Gasteiger partial charge is 0.348 e. The van der Waals surface area contributed by atoms with Crippen LogP contribution in [-0.4, -0.2) is 26.3 Å². The van der Waals surface area contributed by atoms with E-state index in [1.54, 1.807) is 24.3 Å². The van der Waals surface area contributed by atoms with E-state index in [0.29, 0.717) is 23.0 Å².